The van der Waals surface area contributed by atoms with Crippen LogP contribution >= 0.6 is 0 Å². The molecule has 7 nitrogen and oxygen atoms in total. The largest absolute Gasteiger partial charge is 0.348 e. The van der Waals surface area contributed by atoms with Gasteiger partial charge in [-0.05, 0) is 56.9 Å². The molecule has 0 radical (unpaired) electrons. The molecule has 5 rings (SSSR count). The number of nitrogens with zero attached hydrogens (tertiary/aromatic N) is 5. The Hall–Kier alpha value is -2.70. The molecular formula is C21H26N6O. The lowest BCUT2D eigenvalue weighted by atomic mass is 9.84. The molecular weight excluding hydrogens is 352 g/mol. The first-order valence-corrected chi connectivity index (χ1v) is 10.2. The van der Waals surface area contributed by atoms with Crippen LogP contribution in [0.5, 0.6) is 0 Å². The summed E-state index contributed by atoms with van der Waals surface area (Å²) < 4.78 is 3.57. The van der Waals surface area contributed by atoms with E-state index in [-0.39, 0.29) is 11.9 Å². The van der Waals surface area contributed by atoms with Crippen molar-refractivity contribution in [3.8, 4) is 11.3 Å². The highest BCUT2D eigenvalue weighted by molar-refractivity contribution is 5.93. The molecule has 2 bridgehead atoms. The summed E-state index contributed by atoms with van der Waals surface area (Å²) in [6.45, 7) is 4.16. The minimum absolute atomic E-state index is 0.116. The smallest absolute Gasteiger partial charge is 0.272 e. The molecule has 0 spiro atoms. The van der Waals surface area contributed by atoms with Gasteiger partial charge in [0.2, 0.25) is 0 Å². The van der Waals surface area contributed by atoms with Gasteiger partial charge in [0.05, 0.1) is 11.9 Å². The predicted molar refractivity (Wildman–Crippen MR) is 106 cm³/mol. The van der Waals surface area contributed by atoms with E-state index in [0.717, 1.165) is 28.8 Å². The number of amides is 1. The van der Waals surface area contributed by atoms with Crippen molar-refractivity contribution in [1.29, 1.82) is 0 Å². The Morgan fingerprint density at radius 1 is 1.32 bits per heavy atom. The molecule has 4 atom stereocenters. The lowest BCUT2D eigenvalue weighted by Crippen LogP contribution is -2.40. The molecule has 7 heteroatoms. The maximum absolute atomic E-state index is 12.9. The topological polar surface area (TPSA) is 77.1 Å². The average Bonchev–Trinajstić information content (AvgIpc) is 3.46. The molecule has 146 valence electrons. The zero-order chi connectivity index (χ0) is 19.4. The molecule has 3 aromatic heterocycles. The average molecular weight is 378 g/mol. The summed E-state index contributed by atoms with van der Waals surface area (Å²) in [6, 6.07) is 3.85. The molecule has 2 saturated carbocycles. The molecule has 4 unspecified atom stereocenters. The predicted octanol–water partition coefficient (Wildman–Crippen LogP) is 2.99. The lowest BCUT2D eigenvalue weighted by molar-refractivity contribution is 0.0910. The van der Waals surface area contributed by atoms with Gasteiger partial charge in [0.1, 0.15) is 0 Å². The molecule has 2 aliphatic carbocycles. The Morgan fingerprint density at radius 2 is 2.18 bits per heavy atom. The maximum Gasteiger partial charge on any atom is 0.272 e. The SMILES string of the molecule is Cc1c(-c2ccnc3cc(C(=O)NC(C)C4CC5CCC4C5)nn23)cnn1C. The van der Waals surface area contributed by atoms with Crippen LogP contribution in [0.1, 0.15) is 48.8 Å². The first-order valence-electron chi connectivity index (χ1n) is 10.2. The normalized spacial score (nSPS) is 24.8. The Morgan fingerprint density at radius 3 is 2.86 bits per heavy atom. The van der Waals surface area contributed by atoms with Gasteiger partial charge in [-0.3, -0.25) is 9.48 Å². The van der Waals surface area contributed by atoms with Crippen molar-refractivity contribution in [3.05, 3.63) is 35.9 Å². The van der Waals surface area contributed by atoms with E-state index in [2.05, 4.69) is 27.4 Å². The third-order valence-electron chi connectivity index (χ3n) is 6.90. The second kappa shape index (κ2) is 6.43. The highest BCUT2D eigenvalue weighted by Gasteiger charge is 2.42. The molecule has 3 heterocycles. The van der Waals surface area contributed by atoms with Gasteiger partial charge < -0.3 is 5.32 Å². The van der Waals surface area contributed by atoms with Gasteiger partial charge >= 0.3 is 0 Å². The second-order valence-electron chi connectivity index (χ2n) is 8.50. The molecule has 2 aliphatic rings. The van der Waals surface area contributed by atoms with Crippen LogP contribution < -0.4 is 5.32 Å². The zero-order valence-electron chi connectivity index (χ0n) is 16.6. The van der Waals surface area contributed by atoms with Crippen LogP contribution in [0.25, 0.3) is 16.9 Å². The summed E-state index contributed by atoms with van der Waals surface area (Å²) in [5, 5.41) is 12.1. The summed E-state index contributed by atoms with van der Waals surface area (Å²) in [5.41, 5.74) is 3.99. The summed E-state index contributed by atoms with van der Waals surface area (Å²) >= 11 is 0. The minimum Gasteiger partial charge on any atom is -0.348 e. The first kappa shape index (κ1) is 17.4. The zero-order valence-corrected chi connectivity index (χ0v) is 16.6. The number of carbonyl (C=O) groups excluding carboxylic acids is 1. The van der Waals surface area contributed by atoms with E-state index in [1.165, 1.54) is 25.7 Å². The minimum atomic E-state index is -0.116. The van der Waals surface area contributed by atoms with E-state index >= 15 is 0 Å². The van der Waals surface area contributed by atoms with Crippen molar-refractivity contribution in [2.75, 3.05) is 0 Å². The van der Waals surface area contributed by atoms with Gasteiger partial charge in [-0.2, -0.15) is 10.2 Å². The number of aryl methyl sites for hydroxylation is 1. The number of carbonyl (C=O) groups is 1. The van der Waals surface area contributed by atoms with Crippen molar-refractivity contribution in [3.63, 3.8) is 0 Å². The fourth-order valence-corrected chi connectivity index (χ4v) is 5.25. The van der Waals surface area contributed by atoms with Crippen LogP contribution in [-0.4, -0.2) is 36.3 Å². The van der Waals surface area contributed by atoms with E-state index in [4.69, 9.17) is 0 Å². The van der Waals surface area contributed by atoms with Crippen molar-refractivity contribution in [2.45, 2.75) is 45.6 Å². The Kier molecular flexibility index (Phi) is 4.00. The molecule has 2 fully saturated rings. The number of nitrogens with one attached hydrogen (secondary N) is 1. The second-order valence-corrected chi connectivity index (χ2v) is 8.50. The van der Waals surface area contributed by atoms with E-state index in [1.807, 2.05) is 30.9 Å². The van der Waals surface area contributed by atoms with Gasteiger partial charge in [0.25, 0.3) is 5.91 Å². The molecule has 0 aromatic carbocycles. The summed E-state index contributed by atoms with van der Waals surface area (Å²) in [5.74, 6) is 2.14. The maximum atomic E-state index is 12.9. The summed E-state index contributed by atoms with van der Waals surface area (Å²) in [6.07, 6.45) is 8.86. The molecule has 28 heavy (non-hydrogen) atoms. The number of rotatable bonds is 4. The molecule has 1 N–H and O–H groups in total. The number of hydrogen-bond donors (Lipinski definition) is 1. The number of hydrogen-bond acceptors (Lipinski definition) is 4. The highest BCUT2D eigenvalue weighted by Crippen LogP contribution is 2.49. The molecule has 0 aliphatic heterocycles. The summed E-state index contributed by atoms with van der Waals surface area (Å²) in [4.78, 5) is 17.3. The summed E-state index contributed by atoms with van der Waals surface area (Å²) in [7, 11) is 1.91. The van der Waals surface area contributed by atoms with Gasteiger partial charge in [-0.1, -0.05) is 6.42 Å². The van der Waals surface area contributed by atoms with Crippen molar-refractivity contribution < 1.29 is 4.79 Å². The quantitative estimate of drug-likeness (QED) is 0.757. The van der Waals surface area contributed by atoms with E-state index in [0.29, 0.717) is 17.3 Å². The van der Waals surface area contributed by atoms with E-state index in [1.54, 1.807) is 16.8 Å². The molecule has 3 aromatic rings. The Balaban J connectivity index is 1.41. The van der Waals surface area contributed by atoms with Gasteiger partial charge in [-0.15, -0.1) is 0 Å². The first-order chi connectivity index (χ1) is 13.5. The lowest BCUT2D eigenvalue weighted by Gasteiger charge is -2.28. The van der Waals surface area contributed by atoms with Gasteiger partial charge in [0, 0.05) is 36.6 Å². The standard InChI is InChI=1S/C21H26N6O/c1-12(16-9-14-4-5-15(16)8-14)24-21(28)18-10-20-22-7-6-19(27(20)25-18)17-11-23-26(3)13(17)2/h6-7,10-12,14-16H,4-5,8-9H2,1-3H3,(H,24,28). The molecule has 1 amide bonds. The third kappa shape index (κ3) is 2.72. The van der Waals surface area contributed by atoms with Crippen LogP contribution in [0.3, 0.4) is 0 Å². The van der Waals surface area contributed by atoms with Crippen molar-refractivity contribution in [1.82, 2.24) is 29.7 Å². The van der Waals surface area contributed by atoms with Crippen molar-refractivity contribution in [2.24, 2.45) is 24.8 Å². The van der Waals surface area contributed by atoms with E-state index in [9.17, 15) is 4.79 Å². The Labute approximate surface area is 164 Å². The number of fused-ring (bicyclic) bond motifs is 3. The third-order valence-corrected chi connectivity index (χ3v) is 6.90. The Bertz CT molecular complexity index is 1050. The van der Waals surface area contributed by atoms with Crippen LogP contribution in [0, 0.1) is 24.7 Å². The van der Waals surface area contributed by atoms with Crippen molar-refractivity contribution >= 4 is 11.6 Å². The van der Waals surface area contributed by atoms with Gasteiger partial charge in [0.15, 0.2) is 11.3 Å². The van der Waals surface area contributed by atoms with E-state index < -0.39 is 0 Å². The highest BCUT2D eigenvalue weighted by atomic mass is 16.2. The monoisotopic (exact) mass is 378 g/mol. The van der Waals surface area contributed by atoms with Crippen LogP contribution in [0.4, 0.5) is 0 Å². The van der Waals surface area contributed by atoms with Crippen LogP contribution in [-0.2, 0) is 7.05 Å². The van der Waals surface area contributed by atoms with Gasteiger partial charge in [-0.25, -0.2) is 9.50 Å². The molecule has 0 saturated heterocycles. The fourth-order valence-electron chi connectivity index (χ4n) is 5.25. The fraction of sp³-hybridized carbons (Fsp3) is 0.524. The van der Waals surface area contributed by atoms with Crippen LogP contribution in [0.2, 0.25) is 0 Å². The number of aromatic nitrogens is 5. The van der Waals surface area contributed by atoms with Crippen LogP contribution in [0.15, 0.2) is 24.5 Å².